The lowest BCUT2D eigenvalue weighted by Crippen LogP contribution is -2.54. The zero-order valence-electron chi connectivity index (χ0n) is 22.1. The number of nitrogens with two attached hydrogens (primary N) is 1. The van der Waals surface area contributed by atoms with Crippen LogP contribution in [0.4, 0.5) is 4.79 Å². The minimum atomic E-state index is -1.79. The number of fused-ring (bicyclic) bond motifs is 1. The number of amides is 4. The number of carbonyl (C=O) groups excluding carboxylic acids is 3. The van der Waals surface area contributed by atoms with Gasteiger partial charge in [-0.15, -0.1) is 0 Å². The largest absolute Gasteiger partial charge is 0.456 e. The van der Waals surface area contributed by atoms with Crippen LogP contribution in [0.15, 0.2) is 42.3 Å². The molecule has 4 heterocycles. The van der Waals surface area contributed by atoms with Crippen LogP contribution in [0, 0.1) is 0 Å². The third kappa shape index (κ3) is 5.84. The van der Waals surface area contributed by atoms with E-state index in [0.29, 0.717) is 17.1 Å². The van der Waals surface area contributed by atoms with Gasteiger partial charge in [0.1, 0.15) is 36.7 Å². The molecule has 1 unspecified atom stereocenters. The van der Waals surface area contributed by atoms with E-state index in [4.69, 9.17) is 34.2 Å². The van der Waals surface area contributed by atoms with Crippen LogP contribution in [-0.4, -0.2) is 112 Å². The molecule has 0 aromatic heterocycles. The maximum atomic E-state index is 12.8. The van der Waals surface area contributed by atoms with Crippen molar-refractivity contribution in [3.8, 4) is 11.5 Å². The monoisotopic (exact) mass is 594 g/mol. The molecule has 1 aromatic carbocycles. The topological polar surface area (TPSA) is 241 Å². The summed E-state index contributed by atoms with van der Waals surface area (Å²) in [4.78, 5) is 38.6. The van der Waals surface area contributed by atoms with E-state index in [1.54, 1.807) is 18.2 Å². The quantitative estimate of drug-likeness (QED) is 0.149. The summed E-state index contributed by atoms with van der Waals surface area (Å²) >= 11 is 0. The van der Waals surface area contributed by atoms with Crippen LogP contribution in [0.25, 0.3) is 0 Å². The summed E-state index contributed by atoms with van der Waals surface area (Å²) < 4.78 is 32.8. The van der Waals surface area contributed by atoms with Crippen molar-refractivity contribution in [3.05, 3.63) is 47.9 Å². The van der Waals surface area contributed by atoms with Crippen molar-refractivity contribution in [1.29, 1.82) is 0 Å². The summed E-state index contributed by atoms with van der Waals surface area (Å²) in [6.45, 7) is 0.135. The fraction of sp³-hybridized carbons (Fsp3) is 0.480. The molecule has 1 fully saturated rings. The molecule has 0 radical (unpaired) electrons. The number of hydrogen-bond acceptors (Lipinski definition) is 13. The molecule has 4 aliphatic heterocycles. The van der Waals surface area contributed by atoms with Crippen LogP contribution in [0.3, 0.4) is 0 Å². The van der Waals surface area contributed by atoms with Crippen molar-refractivity contribution in [3.63, 3.8) is 0 Å². The number of ether oxygens (including phenoxy) is 6. The highest BCUT2D eigenvalue weighted by molar-refractivity contribution is 5.91. The van der Waals surface area contributed by atoms with Crippen LogP contribution < -0.4 is 25.8 Å². The van der Waals surface area contributed by atoms with Crippen LogP contribution in [0.1, 0.15) is 5.56 Å². The fourth-order valence-electron chi connectivity index (χ4n) is 4.77. The number of methoxy groups -OCH3 is 1. The Morgan fingerprint density at radius 3 is 2.67 bits per heavy atom. The second-order valence-corrected chi connectivity index (χ2v) is 9.65. The van der Waals surface area contributed by atoms with E-state index in [2.05, 4.69) is 10.6 Å². The number of hydrogen-bond donors (Lipinski definition) is 7. The van der Waals surface area contributed by atoms with Gasteiger partial charge in [0.05, 0.1) is 0 Å². The zero-order chi connectivity index (χ0) is 30.1. The van der Waals surface area contributed by atoms with Gasteiger partial charge in [-0.25, -0.2) is 4.79 Å². The number of benzene rings is 1. The molecule has 9 atom stereocenters. The molecule has 17 heteroatoms. The number of carbonyl (C=O) groups is 3. The number of urea groups is 1. The van der Waals surface area contributed by atoms with Crippen molar-refractivity contribution in [2.45, 2.75) is 61.9 Å². The summed E-state index contributed by atoms with van der Waals surface area (Å²) in [6, 6.07) is 4.27. The molecule has 17 nitrogen and oxygen atoms in total. The summed E-state index contributed by atoms with van der Waals surface area (Å²) in [5, 5.41) is 46.1. The molecule has 0 spiro atoms. The van der Waals surface area contributed by atoms with Crippen LogP contribution in [-0.2, 0) is 35.1 Å². The molecule has 8 N–H and O–H groups in total. The maximum absolute atomic E-state index is 12.8. The van der Waals surface area contributed by atoms with E-state index in [1.165, 1.54) is 19.4 Å². The summed E-state index contributed by atoms with van der Waals surface area (Å²) in [5.41, 5.74) is 6.23. The van der Waals surface area contributed by atoms with E-state index in [9.17, 15) is 34.8 Å². The maximum Gasteiger partial charge on any atom is 0.325 e. The molecular formula is C25H30N4O13. The van der Waals surface area contributed by atoms with Crippen molar-refractivity contribution in [2.75, 3.05) is 13.9 Å². The third-order valence-corrected chi connectivity index (χ3v) is 6.90. The van der Waals surface area contributed by atoms with E-state index < -0.39 is 79.0 Å². The lowest BCUT2D eigenvalue weighted by Gasteiger charge is -2.35. The molecule has 0 aliphatic carbocycles. The molecule has 228 valence electrons. The average molecular weight is 595 g/mol. The number of rotatable bonds is 9. The van der Waals surface area contributed by atoms with Gasteiger partial charge < -0.3 is 65.2 Å². The first-order valence-corrected chi connectivity index (χ1v) is 12.7. The summed E-state index contributed by atoms with van der Waals surface area (Å²) in [5.74, 6) is -1.22. The second kappa shape index (κ2) is 12.1. The highest BCUT2D eigenvalue weighted by Gasteiger charge is 2.54. The molecule has 5 rings (SSSR count). The summed E-state index contributed by atoms with van der Waals surface area (Å²) in [7, 11) is 1.21. The highest BCUT2D eigenvalue weighted by atomic mass is 16.7. The number of nitrogens with zero attached hydrogens (tertiary/aromatic N) is 1. The van der Waals surface area contributed by atoms with Crippen molar-refractivity contribution in [2.24, 2.45) is 5.73 Å². The van der Waals surface area contributed by atoms with Crippen LogP contribution in [0.2, 0.25) is 0 Å². The fourth-order valence-corrected chi connectivity index (χ4v) is 4.77. The third-order valence-electron chi connectivity index (χ3n) is 6.90. The van der Waals surface area contributed by atoms with Gasteiger partial charge in [0, 0.05) is 19.9 Å². The average Bonchev–Trinajstić information content (AvgIpc) is 3.55. The Labute approximate surface area is 238 Å². The predicted octanol–water partition coefficient (Wildman–Crippen LogP) is -3.18. The molecule has 1 aromatic rings. The molecule has 1 saturated heterocycles. The molecule has 4 amide bonds. The Balaban J connectivity index is 1.27. The van der Waals surface area contributed by atoms with Crippen molar-refractivity contribution < 1.29 is 63.2 Å². The second-order valence-electron chi connectivity index (χ2n) is 9.65. The lowest BCUT2D eigenvalue weighted by molar-refractivity contribution is -0.241. The van der Waals surface area contributed by atoms with Gasteiger partial charge in [0.15, 0.2) is 29.6 Å². The van der Waals surface area contributed by atoms with Gasteiger partial charge >= 0.3 is 6.03 Å². The molecule has 0 bridgehead atoms. The van der Waals surface area contributed by atoms with Crippen molar-refractivity contribution in [1.82, 2.24) is 15.5 Å². The van der Waals surface area contributed by atoms with E-state index >= 15 is 0 Å². The number of nitrogens with one attached hydrogen (secondary N) is 2. The van der Waals surface area contributed by atoms with Gasteiger partial charge in [0.2, 0.25) is 19.0 Å². The van der Waals surface area contributed by atoms with E-state index in [0.717, 1.165) is 11.0 Å². The first kappa shape index (κ1) is 29.5. The Kier molecular flexibility index (Phi) is 8.50. The Morgan fingerprint density at radius 2 is 1.95 bits per heavy atom. The van der Waals surface area contributed by atoms with Gasteiger partial charge in [-0.1, -0.05) is 6.07 Å². The van der Waals surface area contributed by atoms with E-state index in [-0.39, 0.29) is 13.3 Å². The van der Waals surface area contributed by atoms with Crippen LogP contribution >= 0.6 is 0 Å². The summed E-state index contributed by atoms with van der Waals surface area (Å²) in [6.07, 6.45) is -10.5. The Hall–Kier alpha value is -3.97. The number of primary amides is 1. The van der Waals surface area contributed by atoms with Gasteiger partial charge in [-0.3, -0.25) is 14.5 Å². The van der Waals surface area contributed by atoms with Crippen molar-refractivity contribution >= 4 is 17.8 Å². The smallest absolute Gasteiger partial charge is 0.325 e. The minimum Gasteiger partial charge on any atom is -0.456 e. The minimum absolute atomic E-state index is 0.0461. The van der Waals surface area contributed by atoms with E-state index in [1.807, 2.05) is 0 Å². The van der Waals surface area contributed by atoms with Gasteiger partial charge in [-0.2, -0.15) is 0 Å². The lowest BCUT2D eigenvalue weighted by atomic mass is 10.0. The van der Waals surface area contributed by atoms with Gasteiger partial charge in [0.25, 0.3) is 5.91 Å². The normalized spacial score (nSPS) is 32.5. The number of aliphatic hydroxyl groups excluding tert-OH is 4. The first-order valence-electron chi connectivity index (χ1n) is 12.7. The Morgan fingerprint density at radius 1 is 1.19 bits per heavy atom. The molecule has 4 aliphatic rings. The zero-order valence-corrected chi connectivity index (χ0v) is 22.1. The SMILES string of the molecule is CO[C@H]1[C@@H](O)[C@H](N2C=CC(O)NC2=O)O[C@@H]1[C@@H](O[C@H]1OC(C(=O)NCc2ccc3c(c2)OCO3)=C[C@H](O)[C@@H]1O)C(N)=O. The first-order chi connectivity index (χ1) is 20.1. The Bertz CT molecular complexity index is 1270. The van der Waals surface area contributed by atoms with Crippen LogP contribution in [0.5, 0.6) is 11.5 Å². The molecular weight excluding hydrogens is 564 g/mol. The molecule has 42 heavy (non-hydrogen) atoms. The standard InChI is InChI=1S/C25H30N4O13/c1-37-18-17(33)23(29-5-4-15(31)28-25(29)36)41-19(18)20(21(26)34)42-24-16(32)11(30)7-14(40-24)22(35)27-8-10-2-3-12-13(6-10)39-9-38-12/h2-7,11,15-20,23-24,30-33H,8-9H2,1H3,(H2,26,34)(H,27,35)(H,28,36)/t11-,15?,16-,17+,18-,19-,20+,23+,24+/m0/s1. The number of aliphatic hydroxyl groups is 4. The van der Waals surface area contributed by atoms with Gasteiger partial charge in [-0.05, 0) is 29.8 Å². The predicted molar refractivity (Wildman–Crippen MR) is 134 cm³/mol. The molecule has 0 saturated carbocycles. The highest BCUT2D eigenvalue weighted by Crippen LogP contribution is 2.33.